The molecule has 0 radical (unpaired) electrons. The summed E-state index contributed by atoms with van der Waals surface area (Å²) in [5.74, 6) is -0.168. The molecule has 0 spiro atoms. The van der Waals surface area contributed by atoms with Crippen molar-refractivity contribution in [3.8, 4) is 0 Å². The van der Waals surface area contributed by atoms with Gasteiger partial charge in [0.15, 0.2) is 0 Å². The molecule has 2 aromatic carbocycles. The van der Waals surface area contributed by atoms with E-state index in [1.54, 1.807) is 6.07 Å². The third-order valence-corrected chi connectivity index (χ3v) is 4.23. The average molecular weight is 303 g/mol. The third-order valence-electron chi connectivity index (χ3n) is 3.19. The van der Waals surface area contributed by atoms with Gasteiger partial charge in [0, 0.05) is 21.9 Å². The fourth-order valence-electron chi connectivity index (χ4n) is 1.95. The van der Waals surface area contributed by atoms with E-state index in [2.05, 4.69) is 51.2 Å². The van der Waals surface area contributed by atoms with Crippen molar-refractivity contribution in [2.24, 2.45) is 0 Å². The molecular formula is C18H22FNS. The van der Waals surface area contributed by atoms with E-state index in [9.17, 15) is 4.39 Å². The largest absolute Gasteiger partial charge is 0.308 e. The van der Waals surface area contributed by atoms with Gasteiger partial charge < -0.3 is 5.32 Å². The Balaban J connectivity index is 2.10. The van der Waals surface area contributed by atoms with Crippen molar-refractivity contribution in [1.82, 2.24) is 5.32 Å². The second kappa shape index (κ2) is 6.63. The topological polar surface area (TPSA) is 12.0 Å². The molecule has 0 amide bonds. The SMILES string of the molecule is Cc1cc(Sc2ccccc2F)ccc1CNC(C)(C)C. The van der Waals surface area contributed by atoms with Crippen LogP contribution < -0.4 is 5.32 Å². The van der Waals surface area contributed by atoms with E-state index in [4.69, 9.17) is 0 Å². The molecule has 0 aliphatic rings. The first kappa shape index (κ1) is 16.1. The number of aryl methyl sites for hydroxylation is 1. The van der Waals surface area contributed by atoms with Gasteiger partial charge in [0.2, 0.25) is 0 Å². The number of hydrogen-bond acceptors (Lipinski definition) is 2. The van der Waals surface area contributed by atoms with E-state index in [1.807, 2.05) is 12.1 Å². The van der Waals surface area contributed by atoms with Crippen LogP contribution in [0.1, 0.15) is 31.9 Å². The Morgan fingerprint density at radius 2 is 1.81 bits per heavy atom. The first-order valence-corrected chi connectivity index (χ1v) is 7.94. The minimum Gasteiger partial charge on any atom is -0.308 e. The number of nitrogens with one attached hydrogen (secondary N) is 1. The highest BCUT2D eigenvalue weighted by atomic mass is 32.2. The highest BCUT2D eigenvalue weighted by Crippen LogP contribution is 2.30. The van der Waals surface area contributed by atoms with Crippen molar-refractivity contribution in [3.63, 3.8) is 0 Å². The number of rotatable bonds is 4. The molecule has 0 fully saturated rings. The Morgan fingerprint density at radius 3 is 2.43 bits per heavy atom. The summed E-state index contributed by atoms with van der Waals surface area (Å²) in [6, 6.07) is 13.2. The molecule has 0 aromatic heterocycles. The van der Waals surface area contributed by atoms with Crippen LogP contribution >= 0.6 is 11.8 Å². The van der Waals surface area contributed by atoms with Crippen molar-refractivity contribution in [1.29, 1.82) is 0 Å². The molecule has 0 saturated heterocycles. The third kappa shape index (κ3) is 4.87. The van der Waals surface area contributed by atoms with Gasteiger partial charge >= 0.3 is 0 Å². The lowest BCUT2D eigenvalue weighted by atomic mass is 10.1. The maximum atomic E-state index is 13.7. The standard InChI is InChI=1S/C18H22FNS/c1-13-11-15(21-17-8-6-5-7-16(17)19)10-9-14(13)12-20-18(2,3)4/h5-11,20H,12H2,1-4H3. The Hall–Kier alpha value is -1.32. The number of hydrogen-bond donors (Lipinski definition) is 1. The predicted octanol–water partition coefficient (Wildman–Crippen LogP) is 5.17. The lowest BCUT2D eigenvalue weighted by Crippen LogP contribution is -2.35. The molecule has 1 nitrogen and oxygen atoms in total. The van der Waals surface area contributed by atoms with Crippen molar-refractivity contribution in [3.05, 3.63) is 59.4 Å². The van der Waals surface area contributed by atoms with Gasteiger partial charge in [-0.15, -0.1) is 0 Å². The van der Waals surface area contributed by atoms with Crippen LogP contribution in [-0.2, 0) is 6.54 Å². The zero-order valence-corrected chi connectivity index (χ0v) is 13.9. The van der Waals surface area contributed by atoms with Gasteiger partial charge in [-0.05, 0) is 63.1 Å². The number of benzene rings is 2. The summed E-state index contributed by atoms with van der Waals surface area (Å²) in [5.41, 5.74) is 2.61. The zero-order valence-electron chi connectivity index (χ0n) is 13.0. The van der Waals surface area contributed by atoms with Gasteiger partial charge in [0.25, 0.3) is 0 Å². The first-order chi connectivity index (χ1) is 9.85. The minimum atomic E-state index is -0.168. The van der Waals surface area contributed by atoms with E-state index in [0.29, 0.717) is 4.90 Å². The summed E-state index contributed by atoms with van der Waals surface area (Å²) < 4.78 is 13.7. The van der Waals surface area contributed by atoms with Crippen LogP contribution in [0.2, 0.25) is 0 Å². The molecule has 3 heteroatoms. The van der Waals surface area contributed by atoms with Crippen LogP contribution in [0.15, 0.2) is 52.3 Å². The van der Waals surface area contributed by atoms with Crippen molar-refractivity contribution in [2.45, 2.75) is 49.6 Å². The lowest BCUT2D eigenvalue weighted by molar-refractivity contribution is 0.424. The van der Waals surface area contributed by atoms with Crippen molar-refractivity contribution in [2.75, 3.05) is 0 Å². The molecule has 21 heavy (non-hydrogen) atoms. The van der Waals surface area contributed by atoms with E-state index < -0.39 is 0 Å². The first-order valence-electron chi connectivity index (χ1n) is 7.12. The number of halogens is 1. The molecule has 2 aromatic rings. The summed E-state index contributed by atoms with van der Waals surface area (Å²) in [4.78, 5) is 1.73. The summed E-state index contributed by atoms with van der Waals surface area (Å²) in [5, 5.41) is 3.49. The van der Waals surface area contributed by atoms with Crippen LogP contribution in [-0.4, -0.2) is 5.54 Å². The molecule has 0 heterocycles. The van der Waals surface area contributed by atoms with Crippen LogP contribution in [0, 0.1) is 12.7 Å². The molecular weight excluding hydrogens is 281 g/mol. The second-order valence-corrected chi connectivity index (χ2v) is 7.34. The molecule has 112 valence electrons. The molecule has 2 rings (SSSR count). The predicted molar refractivity (Wildman–Crippen MR) is 88.3 cm³/mol. The van der Waals surface area contributed by atoms with Crippen molar-refractivity contribution >= 4 is 11.8 Å². The van der Waals surface area contributed by atoms with Gasteiger partial charge in [0.05, 0.1) is 0 Å². The summed E-state index contributed by atoms with van der Waals surface area (Å²) in [6.07, 6.45) is 0. The summed E-state index contributed by atoms with van der Waals surface area (Å²) in [7, 11) is 0. The van der Waals surface area contributed by atoms with Gasteiger partial charge in [-0.2, -0.15) is 0 Å². The smallest absolute Gasteiger partial charge is 0.137 e. The molecule has 0 saturated carbocycles. The second-order valence-electron chi connectivity index (χ2n) is 6.22. The van der Waals surface area contributed by atoms with Gasteiger partial charge in [-0.25, -0.2) is 4.39 Å². The van der Waals surface area contributed by atoms with Crippen LogP contribution in [0.25, 0.3) is 0 Å². The van der Waals surface area contributed by atoms with Gasteiger partial charge in [0.1, 0.15) is 5.82 Å². The van der Waals surface area contributed by atoms with Crippen LogP contribution in [0.3, 0.4) is 0 Å². The molecule has 0 bridgehead atoms. The molecule has 0 unspecified atom stereocenters. The minimum absolute atomic E-state index is 0.104. The Morgan fingerprint density at radius 1 is 1.10 bits per heavy atom. The maximum Gasteiger partial charge on any atom is 0.137 e. The average Bonchev–Trinajstić information content (AvgIpc) is 2.39. The molecule has 1 N–H and O–H groups in total. The van der Waals surface area contributed by atoms with E-state index >= 15 is 0 Å². The van der Waals surface area contributed by atoms with Gasteiger partial charge in [-0.3, -0.25) is 0 Å². The van der Waals surface area contributed by atoms with Crippen molar-refractivity contribution < 1.29 is 4.39 Å². The fourth-order valence-corrected chi connectivity index (χ4v) is 2.88. The molecule has 0 atom stereocenters. The summed E-state index contributed by atoms with van der Waals surface area (Å²) in [6.45, 7) is 9.42. The van der Waals surface area contributed by atoms with E-state index in [-0.39, 0.29) is 11.4 Å². The Labute approximate surface area is 131 Å². The van der Waals surface area contributed by atoms with E-state index in [1.165, 1.54) is 29.0 Å². The zero-order chi connectivity index (χ0) is 15.5. The lowest BCUT2D eigenvalue weighted by Gasteiger charge is -2.21. The van der Waals surface area contributed by atoms with Gasteiger partial charge in [-0.1, -0.05) is 30.0 Å². The summed E-state index contributed by atoms with van der Waals surface area (Å²) >= 11 is 1.47. The van der Waals surface area contributed by atoms with E-state index in [0.717, 1.165) is 11.4 Å². The maximum absolute atomic E-state index is 13.7. The highest BCUT2D eigenvalue weighted by Gasteiger charge is 2.10. The monoisotopic (exact) mass is 303 g/mol. The highest BCUT2D eigenvalue weighted by molar-refractivity contribution is 7.99. The Kier molecular flexibility index (Phi) is 5.07. The molecule has 0 aliphatic carbocycles. The molecule has 0 aliphatic heterocycles. The fraction of sp³-hybridized carbons (Fsp3) is 0.333. The van der Waals surface area contributed by atoms with Crippen LogP contribution in [0.5, 0.6) is 0 Å². The van der Waals surface area contributed by atoms with Crippen LogP contribution in [0.4, 0.5) is 4.39 Å². The Bertz CT molecular complexity index is 617. The quantitative estimate of drug-likeness (QED) is 0.836. The normalized spacial score (nSPS) is 11.7.